The van der Waals surface area contributed by atoms with Crippen molar-refractivity contribution < 1.29 is 8.95 Å². The molecule has 3 rings (SSSR count). The molecule has 3 heterocycles. The summed E-state index contributed by atoms with van der Waals surface area (Å²) < 4.78 is 24.2. The molecule has 1 aromatic rings. The predicted octanol–water partition coefficient (Wildman–Crippen LogP) is 0.774. The third-order valence-electron chi connectivity index (χ3n) is 4.07. The molecule has 8 nitrogen and oxygen atoms in total. The fourth-order valence-corrected chi connectivity index (χ4v) is 3.43. The minimum absolute atomic E-state index is 0.186. The van der Waals surface area contributed by atoms with Gasteiger partial charge in [-0.05, 0) is 38.4 Å². The van der Waals surface area contributed by atoms with Gasteiger partial charge in [-0.15, -0.1) is 8.80 Å². The van der Waals surface area contributed by atoms with E-state index in [2.05, 4.69) is 24.0 Å². The molecule has 1 saturated heterocycles. The van der Waals surface area contributed by atoms with Crippen LogP contribution in [0.3, 0.4) is 0 Å². The first kappa shape index (κ1) is 17.8. The second-order valence-corrected chi connectivity index (χ2v) is 6.91. The van der Waals surface area contributed by atoms with Crippen LogP contribution in [0.4, 0.5) is 0 Å². The maximum absolute atomic E-state index is 11.1. The van der Waals surface area contributed by atoms with Crippen molar-refractivity contribution in [1.29, 1.82) is 0 Å². The monoisotopic (exact) mass is 364 g/mol. The zero-order chi connectivity index (χ0) is 17.5. The Labute approximate surface area is 150 Å². The molecule has 0 saturated carbocycles. The largest absolute Gasteiger partial charge is 0.478 e. The lowest BCUT2D eigenvalue weighted by atomic mass is 10.1. The molecule has 0 spiro atoms. The van der Waals surface area contributed by atoms with Crippen LogP contribution in [0.15, 0.2) is 27.0 Å². The second kappa shape index (κ2) is 8.91. The first-order chi connectivity index (χ1) is 12.2. The lowest BCUT2D eigenvalue weighted by Gasteiger charge is -2.25. The highest BCUT2D eigenvalue weighted by molar-refractivity contribution is 7.83. The molecular weight excluding hydrogens is 340 g/mol. The number of hydrogen-bond donors (Lipinski definition) is 2. The van der Waals surface area contributed by atoms with Gasteiger partial charge in [-0.25, -0.2) is 9.19 Å². The molecule has 136 valence electrons. The quantitative estimate of drug-likeness (QED) is 0.693. The van der Waals surface area contributed by atoms with E-state index < -0.39 is 11.2 Å². The molecule has 0 aliphatic carbocycles. The van der Waals surface area contributed by atoms with Crippen LogP contribution in [0.2, 0.25) is 0 Å². The molecule has 0 aromatic carbocycles. The number of aromatic nitrogens is 1. The van der Waals surface area contributed by atoms with Gasteiger partial charge >= 0.3 is 0 Å². The normalized spacial score (nSPS) is 20.9. The van der Waals surface area contributed by atoms with Crippen molar-refractivity contribution in [3.63, 3.8) is 0 Å². The highest BCUT2D eigenvalue weighted by Gasteiger charge is 2.14. The lowest BCUT2D eigenvalue weighted by Crippen LogP contribution is -2.35. The van der Waals surface area contributed by atoms with Gasteiger partial charge in [-0.3, -0.25) is 4.90 Å². The number of ether oxygens (including phenoxy) is 1. The van der Waals surface area contributed by atoms with E-state index in [1.165, 1.54) is 19.3 Å². The van der Waals surface area contributed by atoms with Crippen LogP contribution in [-0.2, 0) is 17.7 Å². The smallest absolute Gasteiger partial charge is 0.269 e. The van der Waals surface area contributed by atoms with Crippen LogP contribution < -0.4 is 15.8 Å². The molecule has 3 N–H and O–H groups in total. The number of nitrogens with zero attached hydrogens (tertiary/aromatic N) is 4. The van der Waals surface area contributed by atoms with E-state index in [-0.39, 0.29) is 5.84 Å². The summed E-state index contributed by atoms with van der Waals surface area (Å²) in [5, 5.41) is 3.01. The number of nitrogens with one attached hydrogen (secondary N) is 1. The Morgan fingerprint density at radius 1 is 1.24 bits per heavy atom. The number of hydrogen-bond acceptors (Lipinski definition) is 6. The van der Waals surface area contributed by atoms with Gasteiger partial charge in [-0.2, -0.15) is 0 Å². The Bertz CT molecular complexity index is 672. The van der Waals surface area contributed by atoms with Gasteiger partial charge in [0.15, 0.2) is 11.7 Å². The summed E-state index contributed by atoms with van der Waals surface area (Å²) in [4.78, 5) is 7.02. The second-order valence-electron chi connectivity index (χ2n) is 6.08. The fraction of sp³-hybridized carbons (Fsp3) is 0.562. The van der Waals surface area contributed by atoms with Crippen molar-refractivity contribution in [1.82, 2.24) is 15.2 Å². The van der Waals surface area contributed by atoms with Gasteiger partial charge in [0, 0.05) is 19.2 Å². The standard InChI is InChI=1S/C16H24N6O2S/c17-15-16(21-25(23)20-15)18-8-5-11-24-14-7-4-6-13(19-14)12-22-9-2-1-3-10-22/h4,6-7H,1-3,5,8-12H2,(H2,17,20)(H,18,21). The summed E-state index contributed by atoms with van der Waals surface area (Å²) in [6, 6.07) is 5.91. The maximum Gasteiger partial charge on any atom is 0.269 e. The topological polar surface area (TPSA) is 105 Å². The molecule has 0 amide bonds. The van der Waals surface area contributed by atoms with Crippen molar-refractivity contribution >= 4 is 22.8 Å². The van der Waals surface area contributed by atoms with Gasteiger partial charge in [0.25, 0.3) is 11.2 Å². The summed E-state index contributed by atoms with van der Waals surface area (Å²) in [6.45, 7) is 4.33. The van der Waals surface area contributed by atoms with Gasteiger partial charge < -0.3 is 15.8 Å². The Morgan fingerprint density at radius 3 is 2.84 bits per heavy atom. The molecule has 25 heavy (non-hydrogen) atoms. The summed E-state index contributed by atoms with van der Waals surface area (Å²) in [5.41, 5.74) is 6.63. The number of piperidine rings is 1. The summed E-state index contributed by atoms with van der Waals surface area (Å²) in [7, 11) is 0. The Morgan fingerprint density at radius 2 is 2.08 bits per heavy atom. The predicted molar refractivity (Wildman–Crippen MR) is 98.7 cm³/mol. The zero-order valence-corrected chi connectivity index (χ0v) is 15.0. The first-order valence-electron chi connectivity index (χ1n) is 8.61. The van der Waals surface area contributed by atoms with Crippen LogP contribution >= 0.6 is 0 Å². The molecule has 9 heteroatoms. The first-order valence-corrected chi connectivity index (χ1v) is 9.67. The van der Waals surface area contributed by atoms with E-state index in [9.17, 15) is 4.21 Å². The molecule has 1 fully saturated rings. The number of amidine groups is 2. The third kappa shape index (κ3) is 5.50. The van der Waals surface area contributed by atoms with E-state index >= 15 is 0 Å². The molecule has 1 aromatic heterocycles. The van der Waals surface area contributed by atoms with Gasteiger partial charge in [0.2, 0.25) is 5.88 Å². The summed E-state index contributed by atoms with van der Waals surface area (Å²) >= 11 is -1.58. The minimum Gasteiger partial charge on any atom is -0.478 e. The van der Waals surface area contributed by atoms with Crippen molar-refractivity contribution in [2.45, 2.75) is 32.2 Å². The number of pyridine rings is 1. The average molecular weight is 364 g/mol. The van der Waals surface area contributed by atoms with Crippen LogP contribution in [-0.4, -0.2) is 52.0 Å². The summed E-state index contributed by atoms with van der Waals surface area (Å²) in [5.74, 6) is 1.22. The Kier molecular flexibility index (Phi) is 6.35. The van der Waals surface area contributed by atoms with E-state index in [1.807, 2.05) is 18.2 Å². The number of nitrogens with two attached hydrogens (primary N) is 1. The Balaban J connectivity index is 1.38. The van der Waals surface area contributed by atoms with Gasteiger partial charge in [0.05, 0.1) is 12.3 Å². The third-order valence-corrected chi connectivity index (χ3v) is 4.76. The van der Waals surface area contributed by atoms with Gasteiger partial charge in [-0.1, -0.05) is 12.5 Å². The SMILES string of the molecule is NC1=NS(=O)N=C1NCCCOc1cccc(CN2CCCCC2)n1. The molecule has 0 radical (unpaired) electrons. The molecule has 0 bridgehead atoms. The van der Waals surface area contributed by atoms with E-state index in [0.29, 0.717) is 24.9 Å². The van der Waals surface area contributed by atoms with Crippen molar-refractivity contribution in [2.24, 2.45) is 14.5 Å². The zero-order valence-electron chi connectivity index (χ0n) is 14.2. The van der Waals surface area contributed by atoms with E-state index in [0.717, 1.165) is 31.7 Å². The van der Waals surface area contributed by atoms with E-state index in [1.54, 1.807) is 0 Å². The maximum atomic E-state index is 11.1. The van der Waals surface area contributed by atoms with Crippen molar-refractivity contribution in [2.75, 3.05) is 26.2 Å². The highest BCUT2D eigenvalue weighted by atomic mass is 32.2. The van der Waals surface area contributed by atoms with Crippen LogP contribution in [0, 0.1) is 0 Å². The minimum atomic E-state index is -1.58. The Hall–Kier alpha value is -2.00. The van der Waals surface area contributed by atoms with Crippen LogP contribution in [0.25, 0.3) is 0 Å². The fourth-order valence-electron chi connectivity index (χ4n) is 2.82. The lowest BCUT2D eigenvalue weighted by molar-refractivity contribution is 0.217. The molecular formula is C16H24N6O2S. The summed E-state index contributed by atoms with van der Waals surface area (Å²) in [6.07, 6.45) is 4.63. The molecule has 2 aliphatic heterocycles. The molecule has 1 atom stereocenters. The highest BCUT2D eigenvalue weighted by Crippen LogP contribution is 2.14. The van der Waals surface area contributed by atoms with E-state index in [4.69, 9.17) is 10.5 Å². The average Bonchev–Trinajstić information content (AvgIpc) is 2.93. The van der Waals surface area contributed by atoms with Crippen LogP contribution in [0.5, 0.6) is 5.88 Å². The number of rotatable bonds is 7. The molecule has 1 unspecified atom stereocenters. The van der Waals surface area contributed by atoms with Crippen molar-refractivity contribution in [3.05, 3.63) is 23.9 Å². The van der Waals surface area contributed by atoms with Crippen molar-refractivity contribution in [3.8, 4) is 5.88 Å². The molecule has 2 aliphatic rings. The number of likely N-dealkylation sites (tertiary alicyclic amines) is 1. The van der Waals surface area contributed by atoms with Gasteiger partial charge in [0.1, 0.15) is 0 Å². The van der Waals surface area contributed by atoms with Crippen LogP contribution in [0.1, 0.15) is 31.4 Å².